The fraction of sp³-hybridized carbons (Fsp3) is 0.360. The first-order chi connectivity index (χ1) is 15.1. The van der Waals surface area contributed by atoms with Crippen molar-refractivity contribution < 1.29 is 14.4 Å². The van der Waals surface area contributed by atoms with Crippen LogP contribution in [-0.4, -0.2) is 17.6 Å². The molecule has 0 saturated carbocycles. The molecule has 1 saturated heterocycles. The highest BCUT2D eigenvalue weighted by molar-refractivity contribution is 7.21. The van der Waals surface area contributed by atoms with Crippen LogP contribution in [-0.2, 0) is 13.0 Å². The minimum absolute atomic E-state index is 0.0242. The second-order valence-electron chi connectivity index (χ2n) is 8.52. The van der Waals surface area contributed by atoms with Gasteiger partial charge < -0.3 is 14.4 Å². The molecule has 0 amide bonds. The van der Waals surface area contributed by atoms with E-state index in [2.05, 4.69) is 11.9 Å². The number of rotatable bonds is 4. The summed E-state index contributed by atoms with van der Waals surface area (Å²) in [5.74, 6) is 0.0242. The van der Waals surface area contributed by atoms with Crippen molar-refractivity contribution in [3.63, 3.8) is 0 Å². The first kappa shape index (κ1) is 20.2. The van der Waals surface area contributed by atoms with E-state index in [-0.39, 0.29) is 11.2 Å². The Labute approximate surface area is 185 Å². The summed E-state index contributed by atoms with van der Waals surface area (Å²) in [4.78, 5) is 19.5. The van der Waals surface area contributed by atoms with Crippen molar-refractivity contribution in [1.29, 1.82) is 0 Å². The predicted octanol–water partition coefficient (Wildman–Crippen LogP) is 3.66. The lowest BCUT2D eigenvalue weighted by molar-refractivity contribution is -0.941. The normalized spacial score (nSPS) is 19.3. The Kier molecular flexibility index (Phi) is 5.28. The molecule has 0 bridgehead atoms. The quantitative estimate of drug-likeness (QED) is 0.532. The van der Waals surface area contributed by atoms with E-state index < -0.39 is 0 Å². The Bertz CT molecular complexity index is 1290. The summed E-state index contributed by atoms with van der Waals surface area (Å²) < 4.78 is 7.05. The van der Waals surface area contributed by atoms with Crippen LogP contribution in [0.2, 0.25) is 0 Å². The van der Waals surface area contributed by atoms with Gasteiger partial charge in [-0.3, -0.25) is 4.79 Å². The van der Waals surface area contributed by atoms with E-state index in [0.717, 1.165) is 16.8 Å². The van der Waals surface area contributed by atoms with Gasteiger partial charge in [-0.15, -0.1) is 11.3 Å². The summed E-state index contributed by atoms with van der Waals surface area (Å²) in [5, 5.41) is 14.3. The van der Waals surface area contributed by atoms with E-state index in [1.807, 2.05) is 31.2 Å². The number of para-hydroxylation sites is 1. The number of aromatic nitrogens is 1. The van der Waals surface area contributed by atoms with E-state index in [1.54, 1.807) is 6.07 Å². The van der Waals surface area contributed by atoms with Crippen molar-refractivity contribution in [2.45, 2.75) is 52.1 Å². The SMILES string of the molecule is CCc1cc2c(=O)c(-c3nc4ccccc4s3)coc2c(C[NH+]2CCCCC2C)c1[O-]. The number of fused-ring (bicyclic) bond motifs is 2. The molecule has 2 unspecified atom stereocenters. The Morgan fingerprint density at radius 3 is 2.90 bits per heavy atom. The van der Waals surface area contributed by atoms with Crippen LogP contribution in [0.25, 0.3) is 31.8 Å². The van der Waals surface area contributed by atoms with Crippen molar-refractivity contribution in [1.82, 2.24) is 4.98 Å². The maximum atomic E-state index is 13.5. The van der Waals surface area contributed by atoms with E-state index in [0.29, 0.717) is 51.7 Å². The van der Waals surface area contributed by atoms with E-state index >= 15 is 0 Å². The molecule has 2 atom stereocenters. The van der Waals surface area contributed by atoms with Gasteiger partial charge in [-0.05, 0) is 50.8 Å². The van der Waals surface area contributed by atoms with Crippen LogP contribution < -0.4 is 15.4 Å². The molecular weight excluding hydrogens is 408 g/mol. The van der Waals surface area contributed by atoms with E-state index in [4.69, 9.17) is 4.42 Å². The van der Waals surface area contributed by atoms with Gasteiger partial charge in [0.2, 0.25) is 5.43 Å². The predicted molar refractivity (Wildman–Crippen MR) is 123 cm³/mol. The summed E-state index contributed by atoms with van der Waals surface area (Å²) in [6.07, 6.45) is 5.67. The first-order valence-electron chi connectivity index (χ1n) is 11.0. The smallest absolute Gasteiger partial charge is 0.202 e. The lowest BCUT2D eigenvalue weighted by Crippen LogP contribution is -3.14. The van der Waals surface area contributed by atoms with Crippen LogP contribution >= 0.6 is 11.3 Å². The van der Waals surface area contributed by atoms with Gasteiger partial charge in [0.1, 0.15) is 23.4 Å². The van der Waals surface area contributed by atoms with Gasteiger partial charge in [0.05, 0.1) is 33.8 Å². The number of nitrogens with zero attached hydrogens (tertiary/aromatic N) is 1. The lowest BCUT2D eigenvalue weighted by atomic mass is 9.98. The van der Waals surface area contributed by atoms with Gasteiger partial charge >= 0.3 is 0 Å². The number of aryl methyl sites for hydroxylation is 1. The third-order valence-corrected chi connectivity index (χ3v) is 7.65. The van der Waals surface area contributed by atoms with Crippen molar-refractivity contribution >= 4 is 32.5 Å². The van der Waals surface area contributed by atoms with Crippen LogP contribution in [0.1, 0.15) is 44.2 Å². The highest BCUT2D eigenvalue weighted by atomic mass is 32.1. The molecule has 2 aromatic carbocycles. The average Bonchev–Trinajstić information content (AvgIpc) is 3.21. The van der Waals surface area contributed by atoms with Crippen molar-refractivity contribution in [3.05, 3.63) is 57.9 Å². The Balaban J connectivity index is 1.66. The molecule has 1 fully saturated rings. The second-order valence-corrected chi connectivity index (χ2v) is 9.55. The zero-order chi connectivity index (χ0) is 21.5. The summed E-state index contributed by atoms with van der Waals surface area (Å²) >= 11 is 1.48. The van der Waals surface area contributed by atoms with Crippen LogP contribution in [0.3, 0.4) is 0 Å². The molecule has 31 heavy (non-hydrogen) atoms. The standard InChI is InChI=1S/C25H26N2O3S/c1-3-16-12-17-23(29)19(25-26-20-9-4-5-10-21(20)31-25)14-30-24(17)18(22(16)28)13-27-11-7-6-8-15(27)2/h4-5,9-10,12,14-15,28H,3,6-8,11,13H2,1-2H3. The second kappa shape index (κ2) is 8.09. The summed E-state index contributed by atoms with van der Waals surface area (Å²) in [6.45, 7) is 5.86. The molecule has 6 heteroatoms. The van der Waals surface area contributed by atoms with Crippen LogP contribution in [0.4, 0.5) is 0 Å². The van der Waals surface area contributed by atoms with Crippen LogP contribution in [0, 0.1) is 0 Å². The minimum Gasteiger partial charge on any atom is -0.872 e. The molecule has 0 radical (unpaired) electrons. The molecule has 4 aromatic rings. The highest BCUT2D eigenvalue weighted by Gasteiger charge is 2.25. The monoisotopic (exact) mass is 434 g/mol. The summed E-state index contributed by atoms with van der Waals surface area (Å²) in [6, 6.07) is 10.1. The van der Waals surface area contributed by atoms with Gasteiger partial charge in [-0.25, -0.2) is 4.98 Å². The largest absolute Gasteiger partial charge is 0.872 e. The maximum absolute atomic E-state index is 13.5. The third kappa shape index (κ3) is 3.54. The van der Waals surface area contributed by atoms with E-state index in [1.165, 1.54) is 41.8 Å². The Hall–Kier alpha value is -2.70. The molecule has 1 aliphatic rings. The number of piperidine rings is 1. The maximum Gasteiger partial charge on any atom is 0.202 e. The van der Waals surface area contributed by atoms with Crippen molar-refractivity contribution in [2.24, 2.45) is 0 Å². The van der Waals surface area contributed by atoms with Crippen molar-refractivity contribution in [2.75, 3.05) is 6.54 Å². The highest BCUT2D eigenvalue weighted by Crippen LogP contribution is 2.32. The van der Waals surface area contributed by atoms with Gasteiger partial charge in [-0.1, -0.05) is 30.4 Å². The molecule has 5 nitrogen and oxygen atoms in total. The molecule has 160 valence electrons. The Morgan fingerprint density at radius 1 is 1.29 bits per heavy atom. The fourth-order valence-electron chi connectivity index (χ4n) is 4.69. The first-order valence-corrected chi connectivity index (χ1v) is 11.9. The molecule has 2 aromatic heterocycles. The fourth-order valence-corrected chi connectivity index (χ4v) is 5.65. The van der Waals surface area contributed by atoms with Crippen molar-refractivity contribution in [3.8, 4) is 16.3 Å². The molecule has 0 spiro atoms. The molecule has 0 aliphatic carbocycles. The molecular formula is C25H26N2O3S. The van der Waals surface area contributed by atoms with Crippen LogP contribution in [0.5, 0.6) is 5.75 Å². The number of hydrogen-bond donors (Lipinski definition) is 1. The number of likely N-dealkylation sites (tertiary alicyclic amines) is 1. The number of benzene rings is 2. The minimum atomic E-state index is -0.113. The summed E-state index contributed by atoms with van der Waals surface area (Å²) in [5.41, 5.74) is 2.99. The lowest BCUT2D eigenvalue weighted by Gasteiger charge is -2.32. The average molecular weight is 435 g/mol. The van der Waals surface area contributed by atoms with Gasteiger partial charge in [0, 0.05) is 5.56 Å². The van der Waals surface area contributed by atoms with Gasteiger partial charge in [0.15, 0.2) is 0 Å². The number of hydrogen-bond acceptors (Lipinski definition) is 5. The number of quaternary nitrogens is 1. The van der Waals surface area contributed by atoms with Crippen LogP contribution in [0.15, 0.2) is 45.8 Å². The molecule has 5 rings (SSSR count). The Morgan fingerprint density at radius 2 is 2.13 bits per heavy atom. The topological polar surface area (TPSA) is 70.6 Å². The van der Waals surface area contributed by atoms with Gasteiger partial charge in [0.25, 0.3) is 0 Å². The zero-order valence-electron chi connectivity index (χ0n) is 17.9. The summed E-state index contributed by atoms with van der Waals surface area (Å²) in [7, 11) is 0. The molecule has 3 heterocycles. The zero-order valence-corrected chi connectivity index (χ0v) is 18.7. The van der Waals surface area contributed by atoms with E-state index in [9.17, 15) is 9.90 Å². The third-order valence-electron chi connectivity index (χ3n) is 6.58. The molecule has 1 aliphatic heterocycles. The molecule has 1 N–H and O–H groups in total. The van der Waals surface area contributed by atoms with Gasteiger partial charge in [-0.2, -0.15) is 0 Å². The number of thiazole rings is 1. The number of nitrogens with one attached hydrogen (secondary N) is 1.